The average Bonchev–Trinajstić information content (AvgIpc) is 3.26. The first kappa shape index (κ1) is 22.4. The molecule has 0 saturated carbocycles. The highest BCUT2D eigenvalue weighted by atomic mass is 35.5. The molecule has 1 saturated heterocycles. The third kappa shape index (κ3) is 4.82. The van der Waals surface area contributed by atoms with Crippen molar-refractivity contribution in [3.8, 4) is 38.7 Å². The van der Waals surface area contributed by atoms with Gasteiger partial charge in [0.05, 0.1) is 36.4 Å². The summed E-state index contributed by atoms with van der Waals surface area (Å²) in [6, 6.07) is 9.21. The molecule has 4 rings (SSSR count). The summed E-state index contributed by atoms with van der Waals surface area (Å²) in [6.07, 6.45) is -0.0514. The summed E-state index contributed by atoms with van der Waals surface area (Å²) in [6.45, 7) is 0.668. The minimum Gasteiger partial charge on any atom is -0.489 e. The van der Waals surface area contributed by atoms with Crippen LogP contribution in [0.25, 0.3) is 21.1 Å². The molecule has 11 heteroatoms. The van der Waals surface area contributed by atoms with Crippen molar-refractivity contribution in [3.05, 3.63) is 46.7 Å². The van der Waals surface area contributed by atoms with Crippen molar-refractivity contribution in [1.29, 1.82) is 5.26 Å². The number of aromatic nitrogens is 2. The van der Waals surface area contributed by atoms with Crippen LogP contribution in [0.3, 0.4) is 0 Å². The van der Waals surface area contributed by atoms with Crippen LogP contribution in [-0.4, -0.2) is 53.9 Å². The second-order valence-electron chi connectivity index (χ2n) is 7.03. The van der Waals surface area contributed by atoms with Gasteiger partial charge in [0.1, 0.15) is 34.5 Å². The fourth-order valence-corrected chi connectivity index (χ4v) is 3.99. The number of benzene rings is 2. The molecule has 8 nitrogen and oxygen atoms in total. The minimum atomic E-state index is -0.639. The molecule has 3 N–H and O–H groups in total. The van der Waals surface area contributed by atoms with E-state index in [0.29, 0.717) is 45.7 Å². The Balaban J connectivity index is 1.56. The normalized spacial score (nSPS) is 14.5. The topological polar surface area (TPSA) is 124 Å². The number of nitrogens with zero attached hydrogens (tertiary/aromatic N) is 3. The predicted molar refractivity (Wildman–Crippen MR) is 116 cm³/mol. The summed E-state index contributed by atoms with van der Waals surface area (Å²) in [5, 5.41) is 27.9. The van der Waals surface area contributed by atoms with Gasteiger partial charge in [-0.2, -0.15) is 5.26 Å². The van der Waals surface area contributed by atoms with E-state index in [1.54, 1.807) is 18.2 Å². The SMILES string of the molecule is N#Cc1cc(-c2nnc(-c3cc(F)c(OC[C@H](N)CO)cc3Cl)s2)ccc1OC1COC1. The average molecular weight is 477 g/mol. The largest absolute Gasteiger partial charge is 0.489 e. The van der Waals surface area contributed by atoms with Gasteiger partial charge in [-0.05, 0) is 24.3 Å². The Hall–Kier alpha value is -2.81. The van der Waals surface area contributed by atoms with Crippen LogP contribution < -0.4 is 15.2 Å². The van der Waals surface area contributed by atoms with Gasteiger partial charge >= 0.3 is 0 Å². The highest BCUT2D eigenvalue weighted by Crippen LogP contribution is 2.38. The molecule has 32 heavy (non-hydrogen) atoms. The Labute approximate surface area is 191 Å². The Morgan fingerprint density at radius 2 is 2.06 bits per heavy atom. The monoisotopic (exact) mass is 476 g/mol. The number of nitrogens with two attached hydrogens (primary N) is 1. The number of aliphatic hydroxyl groups is 1. The van der Waals surface area contributed by atoms with Gasteiger partial charge in [0.15, 0.2) is 11.6 Å². The van der Waals surface area contributed by atoms with Crippen molar-refractivity contribution in [2.24, 2.45) is 5.73 Å². The lowest BCUT2D eigenvalue weighted by Crippen LogP contribution is -2.38. The zero-order valence-electron chi connectivity index (χ0n) is 16.6. The van der Waals surface area contributed by atoms with Gasteiger partial charge < -0.3 is 25.1 Å². The van der Waals surface area contributed by atoms with E-state index in [0.717, 1.165) is 0 Å². The second-order valence-corrected chi connectivity index (χ2v) is 8.41. The molecule has 1 aliphatic rings. The number of hydrogen-bond acceptors (Lipinski definition) is 9. The van der Waals surface area contributed by atoms with Crippen LogP contribution in [0.2, 0.25) is 5.02 Å². The van der Waals surface area contributed by atoms with Crippen LogP contribution in [0.1, 0.15) is 5.56 Å². The summed E-state index contributed by atoms with van der Waals surface area (Å²) in [7, 11) is 0. The molecule has 0 aliphatic carbocycles. The quantitative estimate of drug-likeness (QED) is 0.508. The van der Waals surface area contributed by atoms with E-state index >= 15 is 0 Å². The number of hydrogen-bond donors (Lipinski definition) is 2. The zero-order chi connectivity index (χ0) is 22.7. The Morgan fingerprint density at radius 1 is 1.28 bits per heavy atom. The molecule has 3 aromatic rings. The van der Waals surface area contributed by atoms with Gasteiger partial charge in [-0.3, -0.25) is 0 Å². The van der Waals surface area contributed by atoms with Crippen LogP contribution in [0.15, 0.2) is 30.3 Å². The van der Waals surface area contributed by atoms with E-state index in [1.807, 2.05) is 0 Å². The molecule has 0 bridgehead atoms. The standard InChI is InChI=1S/C21H18ClFN4O4S/c22-16-5-19(30-8-13(25)7-28)17(23)4-15(16)21-27-26-20(32-21)11-1-2-18(12(3-11)6-24)31-14-9-29-10-14/h1-5,13-14,28H,7-10,25H2/t13-/m1/s1. The van der Waals surface area contributed by atoms with E-state index in [9.17, 15) is 9.65 Å². The van der Waals surface area contributed by atoms with Gasteiger partial charge in [0.2, 0.25) is 0 Å². The van der Waals surface area contributed by atoms with Crippen molar-refractivity contribution in [2.45, 2.75) is 12.1 Å². The van der Waals surface area contributed by atoms with E-state index in [4.69, 9.17) is 36.7 Å². The van der Waals surface area contributed by atoms with Gasteiger partial charge in [-0.1, -0.05) is 22.9 Å². The maximum Gasteiger partial charge on any atom is 0.165 e. The molecule has 1 aliphatic heterocycles. The number of nitriles is 1. The third-order valence-corrected chi connectivity index (χ3v) is 5.93. The van der Waals surface area contributed by atoms with Crippen molar-refractivity contribution in [3.63, 3.8) is 0 Å². The second kappa shape index (κ2) is 9.77. The molecule has 0 spiro atoms. The molecular formula is C21H18ClFN4O4S. The van der Waals surface area contributed by atoms with Gasteiger partial charge in [-0.25, -0.2) is 4.39 Å². The van der Waals surface area contributed by atoms with Crippen LogP contribution in [-0.2, 0) is 4.74 Å². The third-order valence-electron chi connectivity index (χ3n) is 4.61. The highest BCUT2D eigenvalue weighted by Gasteiger charge is 2.22. The van der Waals surface area contributed by atoms with Crippen molar-refractivity contribution < 1.29 is 23.7 Å². The maximum absolute atomic E-state index is 14.5. The number of rotatable bonds is 8. The van der Waals surface area contributed by atoms with E-state index in [1.165, 1.54) is 23.5 Å². The molecule has 166 valence electrons. The van der Waals surface area contributed by atoms with Gasteiger partial charge in [-0.15, -0.1) is 10.2 Å². The summed E-state index contributed by atoms with van der Waals surface area (Å²) < 4.78 is 30.6. The molecule has 2 heterocycles. The van der Waals surface area contributed by atoms with E-state index < -0.39 is 11.9 Å². The predicted octanol–water partition coefficient (Wildman–Crippen LogP) is 3.01. The maximum atomic E-state index is 14.5. The first-order valence-electron chi connectivity index (χ1n) is 9.59. The number of ether oxygens (including phenoxy) is 3. The van der Waals surface area contributed by atoms with Crippen LogP contribution in [0, 0.1) is 17.1 Å². The van der Waals surface area contributed by atoms with Gasteiger partial charge in [0, 0.05) is 17.2 Å². The fourth-order valence-electron chi connectivity index (χ4n) is 2.82. The summed E-state index contributed by atoms with van der Waals surface area (Å²) in [5.41, 5.74) is 6.98. The van der Waals surface area contributed by atoms with Gasteiger partial charge in [0.25, 0.3) is 0 Å². The smallest absolute Gasteiger partial charge is 0.165 e. The molecule has 0 unspecified atom stereocenters. The van der Waals surface area contributed by atoms with E-state index in [2.05, 4.69) is 16.3 Å². The molecular weight excluding hydrogens is 459 g/mol. The molecule has 0 radical (unpaired) electrons. The Kier molecular flexibility index (Phi) is 6.83. The molecule has 1 atom stereocenters. The lowest BCUT2D eigenvalue weighted by atomic mass is 10.1. The lowest BCUT2D eigenvalue weighted by Gasteiger charge is -2.27. The highest BCUT2D eigenvalue weighted by molar-refractivity contribution is 7.18. The summed E-state index contributed by atoms with van der Waals surface area (Å²) in [4.78, 5) is 0. The molecule has 2 aromatic carbocycles. The van der Waals surface area contributed by atoms with Crippen molar-refractivity contribution >= 4 is 22.9 Å². The molecule has 1 aromatic heterocycles. The summed E-state index contributed by atoms with van der Waals surface area (Å²) in [5.74, 6) is -0.228. The first-order chi connectivity index (χ1) is 15.5. The molecule has 1 fully saturated rings. The Bertz CT molecular complexity index is 1170. The van der Waals surface area contributed by atoms with E-state index in [-0.39, 0.29) is 30.1 Å². The number of halogens is 2. The first-order valence-corrected chi connectivity index (χ1v) is 10.8. The minimum absolute atomic E-state index is 0.0514. The fraction of sp³-hybridized carbons (Fsp3) is 0.286. The zero-order valence-corrected chi connectivity index (χ0v) is 18.2. The number of aliphatic hydroxyl groups excluding tert-OH is 1. The van der Waals surface area contributed by atoms with Crippen LogP contribution >= 0.6 is 22.9 Å². The summed E-state index contributed by atoms with van der Waals surface area (Å²) >= 11 is 7.53. The van der Waals surface area contributed by atoms with Crippen LogP contribution in [0.5, 0.6) is 11.5 Å². The van der Waals surface area contributed by atoms with Crippen molar-refractivity contribution in [2.75, 3.05) is 26.4 Å². The molecule has 0 amide bonds. The lowest BCUT2D eigenvalue weighted by molar-refractivity contribution is -0.0797. The van der Waals surface area contributed by atoms with Crippen LogP contribution in [0.4, 0.5) is 4.39 Å². The Morgan fingerprint density at radius 3 is 2.75 bits per heavy atom. The van der Waals surface area contributed by atoms with Crippen molar-refractivity contribution in [1.82, 2.24) is 10.2 Å².